The summed E-state index contributed by atoms with van der Waals surface area (Å²) in [5, 5.41) is 6.61. The highest BCUT2D eigenvalue weighted by molar-refractivity contribution is 5.88. The number of aryl methyl sites for hydroxylation is 1. The summed E-state index contributed by atoms with van der Waals surface area (Å²) in [5.41, 5.74) is 1.84. The van der Waals surface area contributed by atoms with E-state index in [2.05, 4.69) is 33.7 Å². The second-order valence-corrected chi connectivity index (χ2v) is 7.67. The minimum Gasteiger partial charge on any atom is -0.496 e. The van der Waals surface area contributed by atoms with Gasteiger partial charge in [0.25, 0.3) is 0 Å². The molecule has 1 saturated heterocycles. The summed E-state index contributed by atoms with van der Waals surface area (Å²) in [6, 6.07) is 6.26. The zero-order valence-corrected chi connectivity index (χ0v) is 17.5. The molecule has 5 nitrogen and oxygen atoms in total. The topological polar surface area (TPSA) is 53.6 Å². The molecule has 0 unspecified atom stereocenters. The summed E-state index contributed by atoms with van der Waals surface area (Å²) in [6.45, 7) is 8.23. The molecular weight excluding hydrogens is 362 g/mol. The van der Waals surface area contributed by atoms with E-state index in [1.54, 1.807) is 7.11 Å². The second-order valence-electron chi connectivity index (χ2n) is 7.67. The molecule has 1 aromatic carbocycles. The van der Waals surface area contributed by atoms with Crippen molar-refractivity contribution >= 4 is 18.3 Å². The van der Waals surface area contributed by atoms with E-state index in [0.29, 0.717) is 0 Å². The molecule has 0 bridgehead atoms. The average Bonchev–Trinajstić information content (AvgIpc) is 3.17. The van der Waals surface area contributed by atoms with Crippen LogP contribution in [-0.4, -0.2) is 57.2 Å². The maximum atomic E-state index is 13.1. The molecule has 2 N–H and O–H groups in total. The monoisotopic (exact) mass is 395 g/mol. The third-order valence-electron chi connectivity index (χ3n) is 6.00. The predicted molar refractivity (Wildman–Crippen MR) is 112 cm³/mol. The van der Waals surface area contributed by atoms with Gasteiger partial charge in [0.2, 0.25) is 5.91 Å². The van der Waals surface area contributed by atoms with Crippen LogP contribution < -0.4 is 15.4 Å². The first-order valence-corrected chi connectivity index (χ1v) is 10.0. The first-order chi connectivity index (χ1) is 12.7. The predicted octanol–water partition coefficient (Wildman–Crippen LogP) is 2.65. The summed E-state index contributed by atoms with van der Waals surface area (Å²) in [4.78, 5) is 15.6. The summed E-state index contributed by atoms with van der Waals surface area (Å²) < 4.78 is 5.49. The molecule has 0 spiro atoms. The maximum Gasteiger partial charge on any atom is 0.230 e. The number of benzene rings is 1. The highest BCUT2D eigenvalue weighted by atomic mass is 35.5. The summed E-state index contributed by atoms with van der Waals surface area (Å²) in [5.74, 6) is 1.07. The lowest BCUT2D eigenvalue weighted by Crippen LogP contribution is -2.45. The largest absolute Gasteiger partial charge is 0.496 e. The van der Waals surface area contributed by atoms with Crippen LogP contribution in [0.2, 0.25) is 0 Å². The van der Waals surface area contributed by atoms with Gasteiger partial charge in [-0.05, 0) is 49.9 Å². The second kappa shape index (κ2) is 10.3. The van der Waals surface area contributed by atoms with E-state index < -0.39 is 0 Å². The summed E-state index contributed by atoms with van der Waals surface area (Å²) >= 11 is 0. The van der Waals surface area contributed by atoms with Crippen LogP contribution in [0.1, 0.15) is 43.2 Å². The van der Waals surface area contributed by atoms with E-state index in [-0.39, 0.29) is 23.7 Å². The highest BCUT2D eigenvalue weighted by Crippen LogP contribution is 2.42. The van der Waals surface area contributed by atoms with Crippen molar-refractivity contribution in [3.05, 3.63) is 29.3 Å². The number of ether oxygens (including phenoxy) is 1. The van der Waals surface area contributed by atoms with Crippen LogP contribution in [0.4, 0.5) is 0 Å². The number of amides is 1. The number of halogens is 1. The Morgan fingerprint density at radius 1 is 1.26 bits per heavy atom. The molecule has 1 heterocycles. The minimum atomic E-state index is -0.379. The van der Waals surface area contributed by atoms with E-state index in [4.69, 9.17) is 4.74 Å². The van der Waals surface area contributed by atoms with E-state index in [9.17, 15) is 4.79 Å². The molecule has 2 fully saturated rings. The van der Waals surface area contributed by atoms with E-state index in [1.165, 1.54) is 0 Å². The Kier molecular flexibility index (Phi) is 8.39. The molecule has 1 amide bonds. The number of methoxy groups -OCH3 is 1. The average molecular weight is 396 g/mol. The number of rotatable bonds is 7. The van der Waals surface area contributed by atoms with Gasteiger partial charge >= 0.3 is 0 Å². The fourth-order valence-electron chi connectivity index (χ4n) is 4.35. The zero-order valence-electron chi connectivity index (χ0n) is 16.7. The van der Waals surface area contributed by atoms with Gasteiger partial charge in [-0.25, -0.2) is 0 Å². The van der Waals surface area contributed by atoms with Crippen molar-refractivity contribution in [3.63, 3.8) is 0 Å². The number of carbonyl (C=O) groups excluding carboxylic acids is 1. The normalized spacial score (nSPS) is 19.3. The van der Waals surface area contributed by atoms with Crippen molar-refractivity contribution in [1.82, 2.24) is 15.5 Å². The molecule has 3 rings (SSSR count). The number of hydrogen-bond donors (Lipinski definition) is 2. The summed E-state index contributed by atoms with van der Waals surface area (Å²) in [6.07, 6.45) is 5.11. The van der Waals surface area contributed by atoms with Gasteiger partial charge in [-0.2, -0.15) is 0 Å². The van der Waals surface area contributed by atoms with Gasteiger partial charge in [0.1, 0.15) is 5.75 Å². The van der Waals surface area contributed by atoms with Gasteiger partial charge in [0.15, 0.2) is 0 Å². The van der Waals surface area contributed by atoms with Crippen LogP contribution in [0.15, 0.2) is 18.2 Å². The molecule has 0 atom stereocenters. The highest BCUT2D eigenvalue weighted by Gasteiger charge is 2.42. The molecular formula is C21H34ClN3O2. The van der Waals surface area contributed by atoms with E-state index in [1.807, 2.05) is 6.92 Å². The first kappa shape index (κ1) is 22.0. The SMILES string of the molecule is COc1cc(C2(C(=O)NCCCN3CCNCC3)CCCC2)ccc1C.Cl. The molecule has 2 aliphatic rings. The lowest BCUT2D eigenvalue weighted by atomic mass is 9.77. The Morgan fingerprint density at radius 3 is 2.63 bits per heavy atom. The van der Waals surface area contributed by atoms with Gasteiger partial charge in [-0.3, -0.25) is 4.79 Å². The number of piperazine rings is 1. The number of carbonyl (C=O) groups is 1. The van der Waals surface area contributed by atoms with Crippen LogP contribution in [0, 0.1) is 6.92 Å². The van der Waals surface area contributed by atoms with Gasteiger partial charge in [0, 0.05) is 32.7 Å². The van der Waals surface area contributed by atoms with E-state index >= 15 is 0 Å². The first-order valence-electron chi connectivity index (χ1n) is 10.0. The third kappa shape index (κ3) is 5.15. The smallest absolute Gasteiger partial charge is 0.230 e. The Balaban J connectivity index is 0.00000261. The molecule has 0 radical (unpaired) electrons. The van der Waals surface area contributed by atoms with Crippen molar-refractivity contribution in [1.29, 1.82) is 0 Å². The van der Waals surface area contributed by atoms with Crippen LogP contribution in [-0.2, 0) is 10.2 Å². The number of nitrogens with zero attached hydrogens (tertiary/aromatic N) is 1. The number of nitrogens with one attached hydrogen (secondary N) is 2. The van der Waals surface area contributed by atoms with Crippen LogP contribution >= 0.6 is 12.4 Å². The zero-order chi connectivity index (χ0) is 18.4. The van der Waals surface area contributed by atoms with Crippen molar-refractivity contribution in [2.24, 2.45) is 0 Å². The molecule has 1 aliphatic heterocycles. The van der Waals surface area contributed by atoms with E-state index in [0.717, 1.165) is 88.2 Å². The van der Waals surface area contributed by atoms with Crippen LogP contribution in [0.5, 0.6) is 5.75 Å². The van der Waals surface area contributed by atoms with Crippen LogP contribution in [0.3, 0.4) is 0 Å². The molecule has 152 valence electrons. The fourth-order valence-corrected chi connectivity index (χ4v) is 4.35. The lowest BCUT2D eigenvalue weighted by molar-refractivity contribution is -0.126. The van der Waals surface area contributed by atoms with Crippen LogP contribution in [0.25, 0.3) is 0 Å². The lowest BCUT2D eigenvalue weighted by Gasteiger charge is -2.30. The quantitative estimate of drug-likeness (QED) is 0.697. The van der Waals surface area contributed by atoms with Gasteiger partial charge in [-0.1, -0.05) is 25.0 Å². The van der Waals surface area contributed by atoms with Gasteiger partial charge in [0.05, 0.1) is 12.5 Å². The van der Waals surface area contributed by atoms with Crippen molar-refractivity contribution in [2.75, 3.05) is 46.4 Å². The minimum absolute atomic E-state index is 0. The van der Waals surface area contributed by atoms with Crippen molar-refractivity contribution in [3.8, 4) is 5.75 Å². The Bertz CT molecular complexity index is 611. The van der Waals surface area contributed by atoms with Gasteiger partial charge < -0.3 is 20.3 Å². The molecule has 0 aromatic heterocycles. The van der Waals surface area contributed by atoms with Crippen molar-refractivity contribution < 1.29 is 9.53 Å². The maximum absolute atomic E-state index is 13.1. The summed E-state index contributed by atoms with van der Waals surface area (Å²) in [7, 11) is 1.70. The van der Waals surface area contributed by atoms with Gasteiger partial charge in [-0.15, -0.1) is 12.4 Å². The molecule has 6 heteroatoms. The third-order valence-corrected chi connectivity index (χ3v) is 6.00. The Hall–Kier alpha value is -1.30. The van der Waals surface area contributed by atoms with Crippen molar-refractivity contribution in [2.45, 2.75) is 44.4 Å². The fraction of sp³-hybridized carbons (Fsp3) is 0.667. The Labute approximate surface area is 169 Å². The Morgan fingerprint density at radius 2 is 1.96 bits per heavy atom. The molecule has 1 aromatic rings. The standard InChI is InChI=1S/C21H33N3O2.ClH/c1-17-6-7-18(16-19(17)26-2)21(8-3-4-9-21)20(25)23-10-5-13-24-14-11-22-12-15-24;/h6-7,16,22H,3-5,8-15H2,1-2H3,(H,23,25);1H. The molecule has 27 heavy (non-hydrogen) atoms. The molecule has 1 saturated carbocycles. The number of hydrogen-bond acceptors (Lipinski definition) is 4. The molecule has 1 aliphatic carbocycles.